The van der Waals surface area contributed by atoms with E-state index < -0.39 is 0 Å². The lowest BCUT2D eigenvalue weighted by molar-refractivity contribution is 0.737. The Morgan fingerprint density at radius 3 is 2.42 bits per heavy atom. The molecular formula is C11H19N. The third kappa shape index (κ3) is 7.26. The molecule has 1 rings (SSSR count). The van der Waals surface area contributed by atoms with Crippen LogP contribution in [0.25, 0.3) is 0 Å². The minimum Gasteiger partial charge on any atom is -0.301 e. The molecule has 0 saturated heterocycles. The summed E-state index contributed by atoms with van der Waals surface area (Å²) >= 11 is 0. The average Bonchev–Trinajstić information content (AvgIpc) is 2.08. The summed E-state index contributed by atoms with van der Waals surface area (Å²) in [5.41, 5.74) is 0. The summed E-state index contributed by atoms with van der Waals surface area (Å²) in [4.78, 5) is 3.73. The van der Waals surface area contributed by atoms with Crippen molar-refractivity contribution >= 4 is 6.21 Å². The van der Waals surface area contributed by atoms with Crippen molar-refractivity contribution in [1.29, 1.82) is 0 Å². The van der Waals surface area contributed by atoms with Crippen molar-refractivity contribution in [2.24, 2.45) is 10.9 Å². The van der Waals surface area contributed by atoms with Gasteiger partial charge in [0.2, 0.25) is 0 Å². The second-order valence-corrected chi connectivity index (χ2v) is 2.88. The maximum absolute atomic E-state index is 3.73. The summed E-state index contributed by atoms with van der Waals surface area (Å²) in [5.74, 6) is 0.769. The largest absolute Gasteiger partial charge is 0.301 e. The molecule has 0 N–H and O–H groups in total. The van der Waals surface area contributed by atoms with Gasteiger partial charge in [-0.25, -0.2) is 0 Å². The van der Waals surface area contributed by atoms with Crippen LogP contribution in [-0.4, -0.2) is 13.3 Å². The Kier molecular flexibility index (Phi) is 7.66. The number of hydrogen-bond acceptors (Lipinski definition) is 1. The summed E-state index contributed by atoms with van der Waals surface area (Å²) in [6.07, 6.45) is 12.8. The minimum absolute atomic E-state index is 0.769. The van der Waals surface area contributed by atoms with Gasteiger partial charge in [-0.2, -0.15) is 0 Å². The van der Waals surface area contributed by atoms with Gasteiger partial charge in [-0.3, -0.25) is 0 Å². The van der Waals surface area contributed by atoms with E-state index in [0.717, 1.165) is 12.3 Å². The highest BCUT2D eigenvalue weighted by Gasteiger charge is 1.93. The molecule has 1 atom stereocenters. The Bertz CT molecular complexity index is 166. The first-order valence-electron chi connectivity index (χ1n) is 4.55. The first kappa shape index (κ1) is 11.2. The van der Waals surface area contributed by atoms with Gasteiger partial charge < -0.3 is 4.99 Å². The van der Waals surface area contributed by atoms with Crippen LogP contribution in [-0.2, 0) is 0 Å². The van der Waals surface area contributed by atoms with Crippen molar-refractivity contribution in [3.63, 3.8) is 0 Å². The van der Waals surface area contributed by atoms with E-state index in [9.17, 15) is 0 Å². The van der Waals surface area contributed by atoms with E-state index in [2.05, 4.69) is 43.1 Å². The molecular weight excluding hydrogens is 146 g/mol. The summed E-state index contributed by atoms with van der Waals surface area (Å²) in [7, 11) is 1.78. The van der Waals surface area contributed by atoms with E-state index in [1.54, 1.807) is 7.05 Å². The van der Waals surface area contributed by atoms with E-state index in [1.807, 2.05) is 6.21 Å². The lowest BCUT2D eigenvalue weighted by atomic mass is 10.0. The lowest BCUT2D eigenvalue weighted by Crippen LogP contribution is -1.87. The SMILES string of the molecule is CC1C=CC=CC1.CCC=NC. The normalized spacial score (nSPS) is 20.8. The standard InChI is InChI=1S/C7H10.C4H9N/c1-7-5-3-2-4-6-7;1-3-4-5-2/h2-5,7H,6H2,1H3;4H,3H2,1-2H3. The summed E-state index contributed by atoms with van der Waals surface area (Å²) in [5, 5.41) is 0. The predicted molar refractivity (Wildman–Crippen MR) is 56.8 cm³/mol. The van der Waals surface area contributed by atoms with Gasteiger partial charge in [0.05, 0.1) is 0 Å². The molecule has 0 bridgehead atoms. The lowest BCUT2D eigenvalue weighted by Gasteiger charge is -2.02. The maximum atomic E-state index is 3.73. The molecule has 0 aliphatic heterocycles. The Labute approximate surface area is 75.9 Å². The molecule has 0 spiro atoms. The third-order valence-electron chi connectivity index (χ3n) is 1.56. The Morgan fingerprint density at radius 2 is 2.25 bits per heavy atom. The van der Waals surface area contributed by atoms with Crippen LogP contribution in [0.3, 0.4) is 0 Å². The molecule has 0 radical (unpaired) electrons. The molecule has 0 aromatic carbocycles. The van der Waals surface area contributed by atoms with Crippen molar-refractivity contribution in [2.45, 2.75) is 26.7 Å². The predicted octanol–water partition coefficient (Wildman–Crippen LogP) is 3.24. The molecule has 0 heterocycles. The number of rotatable bonds is 1. The zero-order chi connectivity index (χ0) is 9.23. The van der Waals surface area contributed by atoms with Gasteiger partial charge in [-0.15, -0.1) is 0 Å². The van der Waals surface area contributed by atoms with Gasteiger partial charge in [-0.05, 0) is 25.0 Å². The topological polar surface area (TPSA) is 12.4 Å². The van der Waals surface area contributed by atoms with Crippen molar-refractivity contribution < 1.29 is 0 Å². The summed E-state index contributed by atoms with van der Waals surface area (Å²) in [6, 6.07) is 0. The number of aliphatic imine (C=N–C) groups is 1. The monoisotopic (exact) mass is 165 g/mol. The molecule has 0 aromatic rings. The smallest absolute Gasteiger partial charge is 0.0273 e. The van der Waals surface area contributed by atoms with Crippen LogP contribution in [0.4, 0.5) is 0 Å². The van der Waals surface area contributed by atoms with Crippen LogP contribution in [0.1, 0.15) is 26.7 Å². The molecule has 1 unspecified atom stereocenters. The van der Waals surface area contributed by atoms with Gasteiger partial charge >= 0.3 is 0 Å². The van der Waals surface area contributed by atoms with E-state index in [0.29, 0.717) is 0 Å². The number of nitrogens with zero attached hydrogens (tertiary/aromatic N) is 1. The number of hydrogen-bond donors (Lipinski definition) is 0. The van der Waals surface area contributed by atoms with Gasteiger partial charge in [0.25, 0.3) is 0 Å². The van der Waals surface area contributed by atoms with Crippen LogP contribution in [0.15, 0.2) is 29.3 Å². The Morgan fingerprint density at radius 1 is 1.50 bits per heavy atom. The third-order valence-corrected chi connectivity index (χ3v) is 1.56. The van der Waals surface area contributed by atoms with Crippen LogP contribution < -0.4 is 0 Å². The van der Waals surface area contributed by atoms with Crippen LogP contribution in [0.2, 0.25) is 0 Å². The van der Waals surface area contributed by atoms with Crippen LogP contribution in [0.5, 0.6) is 0 Å². The first-order chi connectivity index (χ1) is 5.81. The van der Waals surface area contributed by atoms with Gasteiger partial charge in [0.1, 0.15) is 0 Å². The molecule has 12 heavy (non-hydrogen) atoms. The highest BCUT2D eigenvalue weighted by Crippen LogP contribution is 2.08. The van der Waals surface area contributed by atoms with Crippen molar-refractivity contribution in [2.75, 3.05) is 7.05 Å². The molecule has 68 valence electrons. The van der Waals surface area contributed by atoms with Crippen LogP contribution >= 0.6 is 0 Å². The van der Waals surface area contributed by atoms with Crippen molar-refractivity contribution in [3.8, 4) is 0 Å². The average molecular weight is 165 g/mol. The molecule has 1 heteroatoms. The molecule has 0 amide bonds. The van der Waals surface area contributed by atoms with Crippen molar-refractivity contribution in [3.05, 3.63) is 24.3 Å². The highest BCUT2D eigenvalue weighted by molar-refractivity contribution is 5.56. The van der Waals surface area contributed by atoms with E-state index >= 15 is 0 Å². The number of allylic oxidation sites excluding steroid dienone is 4. The Hall–Kier alpha value is -0.850. The van der Waals surface area contributed by atoms with Gasteiger partial charge in [0, 0.05) is 7.05 Å². The van der Waals surface area contributed by atoms with Gasteiger partial charge in [0.15, 0.2) is 0 Å². The van der Waals surface area contributed by atoms with Crippen LogP contribution in [0, 0.1) is 5.92 Å². The second-order valence-electron chi connectivity index (χ2n) is 2.88. The van der Waals surface area contributed by atoms with E-state index in [1.165, 1.54) is 6.42 Å². The van der Waals surface area contributed by atoms with Gasteiger partial charge in [-0.1, -0.05) is 38.2 Å². The Balaban J connectivity index is 0.000000217. The fourth-order valence-corrected chi connectivity index (χ4v) is 0.887. The fraction of sp³-hybridized carbons (Fsp3) is 0.545. The highest BCUT2D eigenvalue weighted by atomic mass is 14.6. The molecule has 1 aliphatic rings. The second kappa shape index (κ2) is 8.25. The molecule has 1 aliphatic carbocycles. The van der Waals surface area contributed by atoms with E-state index in [4.69, 9.17) is 0 Å². The quantitative estimate of drug-likeness (QED) is 0.529. The molecule has 1 nitrogen and oxygen atoms in total. The van der Waals surface area contributed by atoms with E-state index in [-0.39, 0.29) is 0 Å². The molecule has 0 aromatic heterocycles. The maximum Gasteiger partial charge on any atom is 0.0273 e. The zero-order valence-corrected chi connectivity index (χ0v) is 8.33. The fourth-order valence-electron chi connectivity index (χ4n) is 0.887. The van der Waals surface area contributed by atoms with Crippen molar-refractivity contribution in [1.82, 2.24) is 0 Å². The summed E-state index contributed by atoms with van der Waals surface area (Å²) in [6.45, 7) is 4.28. The minimum atomic E-state index is 0.769. The summed E-state index contributed by atoms with van der Waals surface area (Å²) < 4.78 is 0. The first-order valence-corrected chi connectivity index (χ1v) is 4.55. The molecule has 0 fully saturated rings. The zero-order valence-electron chi connectivity index (χ0n) is 8.33. The molecule has 0 saturated carbocycles.